The van der Waals surface area contributed by atoms with Crippen LogP contribution in [0.5, 0.6) is 0 Å². The van der Waals surface area contributed by atoms with Gasteiger partial charge in [-0.2, -0.15) is 0 Å². The van der Waals surface area contributed by atoms with Gasteiger partial charge < -0.3 is 15.7 Å². The van der Waals surface area contributed by atoms with E-state index in [1.54, 1.807) is 18.3 Å². The molecule has 1 atom stereocenters. The highest BCUT2D eigenvalue weighted by molar-refractivity contribution is 5.95. The Bertz CT molecular complexity index is 1120. The number of carboxylic acid groups (broad SMARTS) is 1. The number of nitrogens with one attached hydrogen (secondary N) is 2. The Kier molecular flexibility index (Phi) is 22.1. The van der Waals surface area contributed by atoms with Crippen LogP contribution >= 0.6 is 0 Å². The number of aliphatic carboxylic acids is 1. The van der Waals surface area contributed by atoms with Gasteiger partial charge in [0.1, 0.15) is 6.04 Å². The summed E-state index contributed by atoms with van der Waals surface area (Å²) in [7, 11) is 0. The zero-order valence-electron chi connectivity index (χ0n) is 26.0. The molecule has 7 nitrogen and oxygen atoms in total. The lowest BCUT2D eigenvalue weighted by molar-refractivity contribution is -0.142. The number of nitrogens with zero attached hydrogens (tertiary/aromatic N) is 1. The molecule has 0 bridgehead atoms. The number of unbranched alkanes of at least 4 members (excludes halogenated alkanes) is 1. The van der Waals surface area contributed by atoms with Crippen molar-refractivity contribution in [1.29, 1.82) is 0 Å². The van der Waals surface area contributed by atoms with Crippen molar-refractivity contribution in [3.8, 4) is 0 Å². The van der Waals surface area contributed by atoms with Crippen LogP contribution in [0.3, 0.4) is 0 Å². The maximum Gasteiger partial charge on any atom is 0.326 e. The fourth-order valence-electron chi connectivity index (χ4n) is 4.07. The fraction of sp³-hybridized carbons (Fsp3) is 0.444. The lowest BCUT2D eigenvalue weighted by Gasteiger charge is -2.14. The summed E-state index contributed by atoms with van der Waals surface area (Å²) in [6.45, 7) is 4.52. The van der Waals surface area contributed by atoms with Gasteiger partial charge >= 0.3 is 5.97 Å². The SMILES string of the molecule is CC/C=C\C/C=C\C/C=C\C/C=C\C/C=C\C/C=C\CCC(=O)N[C@@H](CCCCNC(=O)c1cccnc1CC)C(=O)O. The third kappa shape index (κ3) is 19.7. The number of aromatic nitrogens is 1. The van der Waals surface area contributed by atoms with E-state index in [1.807, 2.05) is 19.1 Å². The second-order valence-corrected chi connectivity index (χ2v) is 10.0. The molecule has 0 unspecified atom stereocenters. The van der Waals surface area contributed by atoms with Crippen LogP contribution in [0.15, 0.2) is 91.2 Å². The van der Waals surface area contributed by atoms with E-state index in [2.05, 4.69) is 83.3 Å². The van der Waals surface area contributed by atoms with Crippen molar-refractivity contribution < 1.29 is 19.5 Å². The first-order valence-electron chi connectivity index (χ1n) is 15.6. The number of hydrogen-bond donors (Lipinski definition) is 3. The average molecular weight is 590 g/mol. The highest BCUT2D eigenvalue weighted by Crippen LogP contribution is 2.07. The van der Waals surface area contributed by atoms with Gasteiger partial charge in [0.2, 0.25) is 5.91 Å². The van der Waals surface area contributed by atoms with E-state index in [4.69, 9.17) is 0 Å². The van der Waals surface area contributed by atoms with E-state index >= 15 is 0 Å². The number of amides is 2. The van der Waals surface area contributed by atoms with Crippen LogP contribution in [0.1, 0.15) is 101 Å². The van der Waals surface area contributed by atoms with E-state index in [0.29, 0.717) is 44.2 Å². The van der Waals surface area contributed by atoms with Crippen LogP contribution in [0.25, 0.3) is 0 Å². The Labute approximate surface area is 258 Å². The first kappa shape index (κ1) is 37.0. The molecule has 0 aliphatic carbocycles. The van der Waals surface area contributed by atoms with Crippen molar-refractivity contribution in [3.05, 3.63) is 102 Å². The predicted molar refractivity (Wildman–Crippen MR) is 177 cm³/mol. The Morgan fingerprint density at radius 2 is 1.37 bits per heavy atom. The van der Waals surface area contributed by atoms with Gasteiger partial charge in [-0.05, 0) is 82.8 Å². The molecule has 2 amide bonds. The molecule has 3 N–H and O–H groups in total. The van der Waals surface area contributed by atoms with E-state index in [-0.39, 0.29) is 18.2 Å². The summed E-state index contributed by atoms with van der Waals surface area (Å²) >= 11 is 0. The zero-order valence-corrected chi connectivity index (χ0v) is 26.0. The molecule has 0 saturated heterocycles. The summed E-state index contributed by atoms with van der Waals surface area (Å²) in [6, 6.07) is 2.55. The molecule has 7 heteroatoms. The minimum Gasteiger partial charge on any atom is -0.480 e. The average Bonchev–Trinajstić information content (AvgIpc) is 3.01. The van der Waals surface area contributed by atoms with Crippen LogP contribution in [0.4, 0.5) is 0 Å². The molecule has 0 aliphatic rings. The second-order valence-electron chi connectivity index (χ2n) is 10.0. The van der Waals surface area contributed by atoms with Crippen molar-refractivity contribution >= 4 is 17.8 Å². The number of allylic oxidation sites excluding steroid dienone is 12. The Morgan fingerprint density at radius 3 is 1.91 bits per heavy atom. The molecular weight excluding hydrogens is 538 g/mol. The molecule has 1 rings (SSSR count). The van der Waals surface area contributed by atoms with E-state index in [9.17, 15) is 19.5 Å². The molecule has 1 aromatic rings. The minimum absolute atomic E-state index is 0.178. The van der Waals surface area contributed by atoms with Crippen molar-refractivity contribution in [2.75, 3.05) is 6.54 Å². The molecule has 0 spiro atoms. The molecular formula is C36H51N3O4. The molecule has 1 heterocycles. The normalized spacial score (nSPS) is 12.9. The lowest BCUT2D eigenvalue weighted by Crippen LogP contribution is -2.40. The van der Waals surface area contributed by atoms with Crippen molar-refractivity contribution in [2.45, 2.75) is 96.9 Å². The number of aryl methyl sites for hydroxylation is 1. The molecule has 0 saturated carbocycles. The summed E-state index contributed by atoms with van der Waals surface area (Å²) < 4.78 is 0. The first-order valence-corrected chi connectivity index (χ1v) is 15.6. The fourth-order valence-corrected chi connectivity index (χ4v) is 4.07. The van der Waals surface area contributed by atoms with Crippen molar-refractivity contribution in [1.82, 2.24) is 15.6 Å². The van der Waals surface area contributed by atoms with Gasteiger partial charge in [-0.25, -0.2) is 4.79 Å². The topological polar surface area (TPSA) is 108 Å². The number of hydrogen-bond acceptors (Lipinski definition) is 4. The number of carboxylic acids is 1. The van der Waals surface area contributed by atoms with Gasteiger partial charge in [0, 0.05) is 19.2 Å². The van der Waals surface area contributed by atoms with Crippen LogP contribution in [-0.2, 0) is 16.0 Å². The Morgan fingerprint density at radius 1 is 0.814 bits per heavy atom. The summed E-state index contributed by atoms with van der Waals surface area (Å²) in [5.74, 6) is -1.50. The predicted octanol–water partition coefficient (Wildman–Crippen LogP) is 7.59. The molecule has 234 valence electrons. The lowest BCUT2D eigenvalue weighted by atomic mass is 10.1. The highest BCUT2D eigenvalue weighted by Gasteiger charge is 2.19. The van der Waals surface area contributed by atoms with Crippen LogP contribution in [0.2, 0.25) is 0 Å². The first-order chi connectivity index (χ1) is 21.0. The molecule has 0 fully saturated rings. The van der Waals surface area contributed by atoms with Gasteiger partial charge in [0.05, 0.1) is 11.3 Å². The van der Waals surface area contributed by atoms with Gasteiger partial charge in [-0.3, -0.25) is 14.6 Å². The number of pyridine rings is 1. The number of carbonyl (C=O) groups excluding carboxylic acids is 2. The third-order valence-electron chi connectivity index (χ3n) is 6.44. The Balaban J connectivity index is 2.14. The second kappa shape index (κ2) is 25.7. The van der Waals surface area contributed by atoms with Crippen LogP contribution < -0.4 is 10.6 Å². The maximum atomic E-state index is 12.4. The molecule has 0 aliphatic heterocycles. The summed E-state index contributed by atoms with van der Waals surface area (Å²) in [6.07, 6.45) is 35.9. The smallest absolute Gasteiger partial charge is 0.326 e. The summed E-state index contributed by atoms with van der Waals surface area (Å²) in [4.78, 5) is 40.4. The molecule has 0 radical (unpaired) electrons. The van der Waals surface area contributed by atoms with E-state index in [1.165, 1.54) is 0 Å². The third-order valence-corrected chi connectivity index (χ3v) is 6.44. The van der Waals surface area contributed by atoms with Crippen LogP contribution in [0, 0.1) is 0 Å². The zero-order chi connectivity index (χ0) is 31.4. The quantitative estimate of drug-likeness (QED) is 0.0900. The maximum absolute atomic E-state index is 12.4. The highest BCUT2D eigenvalue weighted by atomic mass is 16.4. The molecule has 1 aromatic heterocycles. The standard InChI is InChI=1S/C36H51N3O4/c1-3-5-6-7-8-9-10-11-12-13-14-15-16-17-18-19-20-21-22-28-34(40)39-33(36(42)43)27-23-24-29-38-35(41)31-26-25-30-37-32(31)4-2/h5-6,8-9,11-12,14-15,17-18,20-21,25-26,30,33H,3-4,7,10,13,16,19,22-24,27-29H2,1-2H3,(H,38,41)(H,39,40)(H,42,43)/b6-5-,9-8-,12-11-,15-14-,18-17-,21-20-/t33-/m0/s1. The molecule has 0 aromatic carbocycles. The van der Waals surface area contributed by atoms with Gasteiger partial charge in [0.25, 0.3) is 5.91 Å². The minimum atomic E-state index is -1.05. The number of rotatable bonds is 23. The van der Waals surface area contributed by atoms with E-state index < -0.39 is 12.0 Å². The van der Waals surface area contributed by atoms with Gasteiger partial charge in [-0.15, -0.1) is 0 Å². The van der Waals surface area contributed by atoms with Gasteiger partial charge in [0.15, 0.2) is 0 Å². The largest absolute Gasteiger partial charge is 0.480 e. The summed E-state index contributed by atoms with van der Waals surface area (Å²) in [5.41, 5.74) is 1.31. The monoisotopic (exact) mass is 589 g/mol. The van der Waals surface area contributed by atoms with Crippen molar-refractivity contribution in [2.24, 2.45) is 0 Å². The Hall–Kier alpha value is -4.00. The van der Waals surface area contributed by atoms with Crippen molar-refractivity contribution in [3.63, 3.8) is 0 Å². The number of carbonyl (C=O) groups is 3. The summed E-state index contributed by atoms with van der Waals surface area (Å²) in [5, 5.41) is 15.0. The van der Waals surface area contributed by atoms with E-state index in [0.717, 1.165) is 44.2 Å². The molecule has 43 heavy (non-hydrogen) atoms. The van der Waals surface area contributed by atoms with Gasteiger partial charge in [-0.1, -0.05) is 86.8 Å². The van der Waals surface area contributed by atoms with Crippen LogP contribution in [-0.4, -0.2) is 40.5 Å².